The smallest absolute Gasteiger partial charge is 0.201 e. The Kier molecular flexibility index (Phi) is 5.32. The van der Waals surface area contributed by atoms with Crippen molar-refractivity contribution in [3.8, 4) is 0 Å². The zero-order chi connectivity index (χ0) is 16.6. The summed E-state index contributed by atoms with van der Waals surface area (Å²) in [6.45, 7) is 0. The number of halogens is 1. The van der Waals surface area contributed by atoms with Crippen LogP contribution in [0.4, 0.5) is 11.4 Å². The van der Waals surface area contributed by atoms with Crippen molar-refractivity contribution in [1.82, 2.24) is 0 Å². The zero-order valence-corrected chi connectivity index (χ0v) is 13.6. The molecule has 0 heterocycles. The van der Waals surface area contributed by atoms with Gasteiger partial charge in [-0.25, -0.2) is 0 Å². The summed E-state index contributed by atoms with van der Waals surface area (Å²) in [7, 11) is 0. The lowest BCUT2D eigenvalue weighted by atomic mass is 10.2. The molecule has 4 nitrogen and oxygen atoms in total. The molecule has 5 heteroatoms. The molecule has 0 unspecified atom stereocenters. The van der Waals surface area contributed by atoms with Crippen LogP contribution >= 0.6 is 11.6 Å². The standard InChI is InChI=1S/C19H15ClN4/c20-16-10-7-13-18(14-16)22-24-19(15-8-3-1-4-9-15)23-21-17-11-5-2-6-12-17/h1-14,22H. The topological polar surface area (TPSA) is 49.1 Å². The number of azo groups is 1. The number of benzene rings is 3. The monoisotopic (exact) mass is 334 g/mol. The van der Waals surface area contributed by atoms with Crippen LogP contribution in [0.25, 0.3) is 0 Å². The van der Waals surface area contributed by atoms with Crippen LogP contribution in [0.15, 0.2) is 100 Å². The van der Waals surface area contributed by atoms with Gasteiger partial charge in [0.2, 0.25) is 5.84 Å². The first kappa shape index (κ1) is 15.9. The minimum Gasteiger partial charge on any atom is -0.276 e. The van der Waals surface area contributed by atoms with E-state index in [4.69, 9.17) is 11.6 Å². The van der Waals surface area contributed by atoms with E-state index in [1.165, 1.54) is 0 Å². The maximum atomic E-state index is 5.99. The minimum absolute atomic E-state index is 0.486. The van der Waals surface area contributed by atoms with Gasteiger partial charge in [0.05, 0.1) is 11.4 Å². The number of hydrogen-bond donors (Lipinski definition) is 1. The number of hydrogen-bond acceptors (Lipinski definition) is 3. The van der Waals surface area contributed by atoms with Gasteiger partial charge >= 0.3 is 0 Å². The van der Waals surface area contributed by atoms with Gasteiger partial charge in [-0.2, -0.15) is 5.10 Å². The molecule has 0 amide bonds. The van der Waals surface area contributed by atoms with E-state index in [1.54, 1.807) is 6.07 Å². The van der Waals surface area contributed by atoms with Gasteiger partial charge in [0, 0.05) is 10.6 Å². The number of rotatable bonds is 4. The second-order valence-electron chi connectivity index (χ2n) is 4.96. The van der Waals surface area contributed by atoms with Crippen LogP contribution in [-0.2, 0) is 0 Å². The van der Waals surface area contributed by atoms with E-state index in [1.807, 2.05) is 78.9 Å². The van der Waals surface area contributed by atoms with Crippen LogP contribution in [0.1, 0.15) is 5.56 Å². The van der Waals surface area contributed by atoms with Crippen LogP contribution in [0, 0.1) is 0 Å². The fraction of sp³-hybridized carbons (Fsp3) is 0. The van der Waals surface area contributed by atoms with E-state index in [0.29, 0.717) is 10.9 Å². The molecular formula is C19H15ClN4. The average Bonchev–Trinajstić information content (AvgIpc) is 2.63. The number of nitrogens with one attached hydrogen (secondary N) is 1. The molecule has 0 bridgehead atoms. The highest BCUT2D eigenvalue weighted by atomic mass is 35.5. The van der Waals surface area contributed by atoms with Gasteiger partial charge < -0.3 is 0 Å². The maximum absolute atomic E-state index is 5.99. The quantitative estimate of drug-likeness (QED) is 0.274. The van der Waals surface area contributed by atoms with Gasteiger partial charge in [-0.3, -0.25) is 5.43 Å². The van der Waals surface area contributed by atoms with Crippen LogP contribution in [-0.4, -0.2) is 5.84 Å². The lowest BCUT2D eigenvalue weighted by molar-refractivity contribution is 1.22. The Morgan fingerprint density at radius 3 is 2.21 bits per heavy atom. The first-order valence-electron chi connectivity index (χ1n) is 7.43. The van der Waals surface area contributed by atoms with Crippen LogP contribution in [0.3, 0.4) is 0 Å². The number of amidine groups is 1. The van der Waals surface area contributed by atoms with Gasteiger partial charge in [-0.1, -0.05) is 66.2 Å². The van der Waals surface area contributed by atoms with Crippen molar-refractivity contribution in [1.29, 1.82) is 0 Å². The first-order valence-corrected chi connectivity index (χ1v) is 7.80. The summed E-state index contributed by atoms with van der Waals surface area (Å²) in [5.41, 5.74) is 5.39. The lowest BCUT2D eigenvalue weighted by Gasteiger charge is -2.03. The highest BCUT2D eigenvalue weighted by molar-refractivity contribution is 6.30. The fourth-order valence-electron chi connectivity index (χ4n) is 2.01. The van der Waals surface area contributed by atoms with E-state index in [2.05, 4.69) is 20.8 Å². The third kappa shape index (κ3) is 4.51. The molecule has 3 aromatic carbocycles. The molecule has 24 heavy (non-hydrogen) atoms. The summed E-state index contributed by atoms with van der Waals surface area (Å²) in [6.07, 6.45) is 0. The number of anilines is 1. The van der Waals surface area contributed by atoms with E-state index < -0.39 is 0 Å². The molecule has 0 saturated heterocycles. The van der Waals surface area contributed by atoms with Crippen molar-refractivity contribution in [3.63, 3.8) is 0 Å². The molecule has 0 aliphatic rings. The molecule has 0 aliphatic heterocycles. The molecule has 3 rings (SSSR count). The van der Waals surface area contributed by atoms with Crippen molar-refractivity contribution < 1.29 is 0 Å². The molecule has 0 radical (unpaired) electrons. The summed E-state index contributed by atoms with van der Waals surface area (Å²) in [6, 6.07) is 26.6. The molecular weight excluding hydrogens is 320 g/mol. The van der Waals surface area contributed by atoms with E-state index in [9.17, 15) is 0 Å². The third-order valence-electron chi connectivity index (χ3n) is 3.16. The first-order chi connectivity index (χ1) is 11.8. The van der Waals surface area contributed by atoms with Crippen LogP contribution in [0.2, 0.25) is 5.02 Å². The highest BCUT2D eigenvalue weighted by Gasteiger charge is 2.02. The highest BCUT2D eigenvalue weighted by Crippen LogP contribution is 2.16. The Labute approximate surface area is 145 Å². The minimum atomic E-state index is 0.486. The predicted molar refractivity (Wildman–Crippen MR) is 99.0 cm³/mol. The molecule has 1 N–H and O–H groups in total. The molecule has 0 spiro atoms. The Morgan fingerprint density at radius 2 is 1.50 bits per heavy atom. The van der Waals surface area contributed by atoms with E-state index in [-0.39, 0.29) is 0 Å². The zero-order valence-electron chi connectivity index (χ0n) is 12.8. The fourth-order valence-corrected chi connectivity index (χ4v) is 2.20. The van der Waals surface area contributed by atoms with Crippen molar-refractivity contribution >= 4 is 28.8 Å². The Bertz CT molecular complexity index is 846. The Balaban J connectivity index is 1.87. The van der Waals surface area contributed by atoms with Crippen LogP contribution < -0.4 is 5.43 Å². The summed E-state index contributed by atoms with van der Waals surface area (Å²) in [4.78, 5) is 0. The van der Waals surface area contributed by atoms with E-state index in [0.717, 1.165) is 16.9 Å². The van der Waals surface area contributed by atoms with Crippen molar-refractivity contribution in [3.05, 3.63) is 95.5 Å². The second kappa shape index (κ2) is 8.04. The Morgan fingerprint density at radius 1 is 0.792 bits per heavy atom. The summed E-state index contributed by atoms with van der Waals surface area (Å²) >= 11 is 5.99. The summed E-state index contributed by atoms with van der Waals surface area (Å²) < 4.78 is 0. The lowest BCUT2D eigenvalue weighted by Crippen LogP contribution is -2.01. The average molecular weight is 335 g/mol. The van der Waals surface area contributed by atoms with Gasteiger partial charge in [0.1, 0.15) is 0 Å². The van der Waals surface area contributed by atoms with Gasteiger partial charge in [0.25, 0.3) is 0 Å². The van der Waals surface area contributed by atoms with Gasteiger partial charge in [-0.15, -0.1) is 10.2 Å². The van der Waals surface area contributed by atoms with Crippen molar-refractivity contribution in [2.45, 2.75) is 0 Å². The molecule has 0 aliphatic carbocycles. The molecule has 3 aromatic rings. The molecule has 0 aromatic heterocycles. The second-order valence-corrected chi connectivity index (χ2v) is 5.40. The van der Waals surface area contributed by atoms with Gasteiger partial charge in [-0.05, 0) is 30.3 Å². The maximum Gasteiger partial charge on any atom is 0.201 e. The van der Waals surface area contributed by atoms with Crippen molar-refractivity contribution in [2.24, 2.45) is 15.3 Å². The Hall–Kier alpha value is -2.98. The largest absolute Gasteiger partial charge is 0.276 e. The number of nitrogens with zero attached hydrogens (tertiary/aromatic N) is 3. The normalized spacial score (nSPS) is 11.6. The SMILES string of the molecule is Clc1cccc(NN=C(N=Nc2ccccc2)c2ccccc2)c1. The molecule has 118 valence electrons. The summed E-state index contributed by atoms with van der Waals surface area (Å²) in [5, 5.41) is 13.5. The number of hydrazone groups is 1. The molecule has 0 fully saturated rings. The predicted octanol–water partition coefficient (Wildman–Crippen LogP) is 5.90. The molecule has 0 atom stereocenters. The van der Waals surface area contributed by atoms with Crippen LogP contribution in [0.5, 0.6) is 0 Å². The summed E-state index contributed by atoms with van der Waals surface area (Å²) in [5.74, 6) is 0.486. The third-order valence-corrected chi connectivity index (χ3v) is 3.40. The van der Waals surface area contributed by atoms with Gasteiger partial charge in [0.15, 0.2) is 0 Å². The molecule has 0 saturated carbocycles. The van der Waals surface area contributed by atoms with Crippen molar-refractivity contribution in [2.75, 3.05) is 5.43 Å². The van der Waals surface area contributed by atoms with E-state index >= 15 is 0 Å².